The first-order valence-electron chi connectivity index (χ1n) is 4.73. The molecule has 0 aliphatic heterocycles. The van der Waals surface area contributed by atoms with Crippen molar-refractivity contribution < 1.29 is 0 Å². The fraction of sp³-hybridized carbons (Fsp3) is 0.167. The molecule has 2 nitrogen and oxygen atoms in total. The van der Waals surface area contributed by atoms with Crippen LogP contribution >= 0.6 is 11.8 Å². The third-order valence-electron chi connectivity index (χ3n) is 2.09. The van der Waals surface area contributed by atoms with E-state index in [9.17, 15) is 0 Å². The normalized spacial score (nSPS) is 10.3. The van der Waals surface area contributed by atoms with E-state index in [-0.39, 0.29) is 0 Å². The number of aromatic nitrogens is 2. The average molecular weight is 216 g/mol. The second-order valence-electron chi connectivity index (χ2n) is 3.25. The highest BCUT2D eigenvalue weighted by Crippen LogP contribution is 2.22. The van der Waals surface area contributed by atoms with E-state index in [1.807, 2.05) is 25.1 Å². The molecule has 0 saturated heterocycles. The van der Waals surface area contributed by atoms with Gasteiger partial charge in [0.1, 0.15) is 0 Å². The smallest absolute Gasteiger partial charge is 0.0900 e. The second kappa shape index (κ2) is 4.45. The monoisotopic (exact) mass is 216 g/mol. The Morgan fingerprint density at radius 2 is 2.00 bits per heavy atom. The molecule has 15 heavy (non-hydrogen) atoms. The maximum atomic E-state index is 4.48. The van der Waals surface area contributed by atoms with E-state index in [1.165, 1.54) is 4.90 Å². The maximum Gasteiger partial charge on any atom is 0.0900 e. The van der Waals surface area contributed by atoms with Gasteiger partial charge in [-0.05, 0) is 37.4 Å². The van der Waals surface area contributed by atoms with Gasteiger partial charge in [-0.2, -0.15) is 0 Å². The summed E-state index contributed by atoms with van der Waals surface area (Å²) in [6.07, 6.45) is 3.86. The molecule has 0 radical (unpaired) electrons. The molecule has 76 valence electrons. The minimum Gasteiger partial charge on any atom is -0.255 e. The van der Waals surface area contributed by atoms with Crippen molar-refractivity contribution in [3.63, 3.8) is 0 Å². The summed E-state index contributed by atoms with van der Waals surface area (Å²) in [5.74, 6) is 0. The van der Waals surface area contributed by atoms with Crippen molar-refractivity contribution in [2.45, 2.75) is 11.8 Å². The van der Waals surface area contributed by atoms with Crippen LogP contribution in [0.2, 0.25) is 0 Å². The lowest BCUT2D eigenvalue weighted by Gasteiger charge is -2.03. The van der Waals surface area contributed by atoms with Crippen LogP contribution in [0.15, 0.2) is 41.4 Å². The number of hydrogen-bond donors (Lipinski definition) is 0. The summed E-state index contributed by atoms with van der Waals surface area (Å²) in [5, 5.41) is 0. The lowest BCUT2D eigenvalue weighted by atomic mass is 10.2. The molecule has 2 heterocycles. The van der Waals surface area contributed by atoms with E-state index in [1.54, 1.807) is 18.0 Å². The van der Waals surface area contributed by atoms with Crippen LogP contribution in [0.4, 0.5) is 0 Å². The minimum absolute atomic E-state index is 0.927. The molecule has 0 amide bonds. The first-order valence-corrected chi connectivity index (χ1v) is 5.96. The number of thioether (sulfide) groups is 1. The SMILES string of the molecule is CSc1cc(C)nc(-c2ccccn2)c1. The summed E-state index contributed by atoms with van der Waals surface area (Å²) in [4.78, 5) is 10.00. The molecule has 0 spiro atoms. The van der Waals surface area contributed by atoms with Gasteiger partial charge in [0.25, 0.3) is 0 Å². The maximum absolute atomic E-state index is 4.48. The summed E-state index contributed by atoms with van der Waals surface area (Å²) < 4.78 is 0. The Balaban J connectivity index is 2.49. The van der Waals surface area contributed by atoms with Crippen molar-refractivity contribution >= 4 is 11.8 Å². The van der Waals surface area contributed by atoms with Gasteiger partial charge in [0.15, 0.2) is 0 Å². The first-order chi connectivity index (χ1) is 7.29. The van der Waals surface area contributed by atoms with Crippen LogP contribution in [0.1, 0.15) is 5.69 Å². The largest absolute Gasteiger partial charge is 0.255 e. The van der Waals surface area contributed by atoms with Gasteiger partial charge in [-0.1, -0.05) is 6.07 Å². The zero-order chi connectivity index (χ0) is 10.7. The molecular formula is C12H12N2S. The topological polar surface area (TPSA) is 25.8 Å². The van der Waals surface area contributed by atoms with Gasteiger partial charge in [-0.15, -0.1) is 11.8 Å². The molecule has 0 saturated carbocycles. The zero-order valence-electron chi connectivity index (χ0n) is 8.77. The van der Waals surface area contributed by atoms with Crippen LogP contribution in [-0.4, -0.2) is 16.2 Å². The molecule has 0 fully saturated rings. The molecule has 0 aliphatic carbocycles. The molecule has 0 N–H and O–H groups in total. The molecule has 0 unspecified atom stereocenters. The van der Waals surface area contributed by atoms with Gasteiger partial charge < -0.3 is 0 Å². The van der Waals surface area contributed by atoms with Crippen LogP contribution < -0.4 is 0 Å². The van der Waals surface area contributed by atoms with Gasteiger partial charge in [0.2, 0.25) is 0 Å². The standard InChI is InChI=1S/C12H12N2S/c1-9-7-10(15-2)8-12(14-9)11-5-3-4-6-13-11/h3-8H,1-2H3. The number of hydrogen-bond acceptors (Lipinski definition) is 3. The van der Waals surface area contributed by atoms with Crippen molar-refractivity contribution in [3.05, 3.63) is 42.2 Å². The number of nitrogens with zero attached hydrogens (tertiary/aromatic N) is 2. The highest BCUT2D eigenvalue weighted by Gasteiger charge is 2.02. The van der Waals surface area contributed by atoms with E-state index in [4.69, 9.17) is 0 Å². The van der Waals surface area contributed by atoms with Crippen LogP contribution in [0.3, 0.4) is 0 Å². The molecule has 0 aliphatic rings. The van der Waals surface area contributed by atoms with Crippen LogP contribution in [0, 0.1) is 6.92 Å². The Labute approximate surface area is 93.8 Å². The Morgan fingerprint density at radius 3 is 2.67 bits per heavy atom. The Kier molecular flexibility index (Phi) is 3.02. The highest BCUT2D eigenvalue weighted by atomic mass is 32.2. The molecule has 2 rings (SSSR count). The lowest BCUT2D eigenvalue weighted by Crippen LogP contribution is -1.90. The predicted molar refractivity (Wildman–Crippen MR) is 64.0 cm³/mol. The van der Waals surface area contributed by atoms with Gasteiger partial charge in [-0.3, -0.25) is 9.97 Å². The molecule has 3 heteroatoms. The van der Waals surface area contributed by atoms with E-state index in [0.29, 0.717) is 0 Å². The van der Waals surface area contributed by atoms with Crippen molar-refractivity contribution in [1.29, 1.82) is 0 Å². The van der Waals surface area contributed by atoms with Crippen LogP contribution in [-0.2, 0) is 0 Å². The molecule has 2 aromatic heterocycles. The summed E-state index contributed by atoms with van der Waals surface area (Å²) in [5.41, 5.74) is 2.90. The Bertz CT molecular complexity index is 454. The van der Waals surface area contributed by atoms with Crippen LogP contribution in [0.25, 0.3) is 11.4 Å². The summed E-state index contributed by atoms with van der Waals surface area (Å²) in [7, 11) is 0. The fourth-order valence-electron chi connectivity index (χ4n) is 1.40. The van der Waals surface area contributed by atoms with E-state index in [0.717, 1.165) is 17.1 Å². The molecule has 2 aromatic rings. The summed E-state index contributed by atoms with van der Waals surface area (Å²) >= 11 is 1.72. The van der Waals surface area contributed by atoms with Crippen molar-refractivity contribution in [1.82, 2.24) is 9.97 Å². The fourth-order valence-corrected chi connectivity index (χ4v) is 1.92. The van der Waals surface area contributed by atoms with E-state index < -0.39 is 0 Å². The summed E-state index contributed by atoms with van der Waals surface area (Å²) in [6, 6.07) is 10.0. The first kappa shape index (κ1) is 10.2. The minimum atomic E-state index is 0.927. The Hall–Kier alpha value is -1.35. The number of aryl methyl sites for hydroxylation is 1. The molecule has 0 bridgehead atoms. The van der Waals surface area contributed by atoms with Crippen molar-refractivity contribution in [2.75, 3.05) is 6.26 Å². The highest BCUT2D eigenvalue weighted by molar-refractivity contribution is 7.98. The molecule has 0 aromatic carbocycles. The van der Waals surface area contributed by atoms with Gasteiger partial charge in [-0.25, -0.2) is 0 Å². The van der Waals surface area contributed by atoms with Crippen molar-refractivity contribution in [2.24, 2.45) is 0 Å². The Morgan fingerprint density at radius 1 is 1.13 bits per heavy atom. The number of rotatable bonds is 2. The number of pyridine rings is 2. The predicted octanol–water partition coefficient (Wildman–Crippen LogP) is 3.17. The molecular weight excluding hydrogens is 204 g/mol. The van der Waals surface area contributed by atoms with E-state index >= 15 is 0 Å². The zero-order valence-corrected chi connectivity index (χ0v) is 9.58. The third-order valence-corrected chi connectivity index (χ3v) is 2.80. The van der Waals surface area contributed by atoms with Crippen molar-refractivity contribution in [3.8, 4) is 11.4 Å². The van der Waals surface area contributed by atoms with E-state index in [2.05, 4.69) is 28.4 Å². The average Bonchev–Trinajstić information content (AvgIpc) is 2.29. The van der Waals surface area contributed by atoms with Gasteiger partial charge in [0.05, 0.1) is 11.4 Å². The van der Waals surface area contributed by atoms with Gasteiger partial charge in [0, 0.05) is 16.8 Å². The molecule has 0 atom stereocenters. The lowest BCUT2D eigenvalue weighted by molar-refractivity contribution is 1.14. The third kappa shape index (κ3) is 2.36. The second-order valence-corrected chi connectivity index (χ2v) is 4.13. The van der Waals surface area contributed by atoms with Gasteiger partial charge >= 0.3 is 0 Å². The van der Waals surface area contributed by atoms with Crippen LogP contribution in [0.5, 0.6) is 0 Å². The quantitative estimate of drug-likeness (QED) is 0.721. The summed E-state index contributed by atoms with van der Waals surface area (Å²) in [6.45, 7) is 2.01.